The molecule has 2 aliphatic heterocycles. The molecule has 7 nitrogen and oxygen atoms in total. The van der Waals surface area contributed by atoms with Crippen molar-refractivity contribution in [1.82, 2.24) is 19.6 Å². The smallest absolute Gasteiger partial charge is 0.258 e. The fourth-order valence-electron chi connectivity index (χ4n) is 5.20. The van der Waals surface area contributed by atoms with Gasteiger partial charge in [0.2, 0.25) is 5.43 Å². The number of nitrogens with zero attached hydrogens (tertiary/aromatic N) is 4. The Hall–Kier alpha value is -2.75. The Bertz CT molecular complexity index is 1520. The molecular weight excluding hydrogens is 489 g/mol. The number of aromatic nitrogens is 2. The van der Waals surface area contributed by atoms with Gasteiger partial charge >= 0.3 is 0 Å². The van der Waals surface area contributed by atoms with Gasteiger partial charge in [-0.2, -0.15) is 0 Å². The number of carbonyl (C=O) groups is 1. The number of hydrogen-bond donors (Lipinski definition) is 1. The molecular formula is C25H25ClFN5O2S. The molecule has 1 amide bonds. The van der Waals surface area contributed by atoms with Crippen LogP contribution in [-0.4, -0.2) is 59.5 Å². The lowest BCUT2D eigenvalue weighted by molar-refractivity contribution is 0.0950. The van der Waals surface area contributed by atoms with Crippen LogP contribution in [0.5, 0.6) is 0 Å². The van der Waals surface area contributed by atoms with E-state index in [1.54, 1.807) is 16.5 Å². The third-order valence-corrected chi connectivity index (χ3v) is 8.33. The quantitative estimate of drug-likeness (QED) is 0.431. The highest BCUT2D eigenvalue weighted by atomic mass is 35.5. The van der Waals surface area contributed by atoms with Crippen LogP contribution in [0.1, 0.15) is 36.0 Å². The van der Waals surface area contributed by atoms with E-state index in [4.69, 9.17) is 11.6 Å². The number of nitrogens with one attached hydrogen (secondary N) is 1. The van der Waals surface area contributed by atoms with Crippen LogP contribution in [-0.2, 0) is 0 Å². The fraction of sp³-hybridized carbons (Fsp3) is 0.400. The summed E-state index contributed by atoms with van der Waals surface area (Å²) in [7, 11) is 0. The molecule has 1 N–H and O–H groups in total. The molecule has 2 saturated heterocycles. The van der Waals surface area contributed by atoms with Crippen LogP contribution in [0.15, 0.2) is 29.1 Å². The van der Waals surface area contributed by atoms with E-state index < -0.39 is 17.2 Å². The predicted molar refractivity (Wildman–Crippen MR) is 139 cm³/mol. The molecule has 0 aliphatic carbocycles. The summed E-state index contributed by atoms with van der Waals surface area (Å²) in [5, 5.41) is 3.53. The number of likely N-dealkylation sites (tertiary alicyclic amines) is 1. The zero-order valence-electron chi connectivity index (χ0n) is 19.1. The van der Waals surface area contributed by atoms with Gasteiger partial charge in [-0.3, -0.25) is 14.0 Å². The summed E-state index contributed by atoms with van der Waals surface area (Å²) in [5.74, 6) is -0.753. The lowest BCUT2D eigenvalue weighted by atomic mass is 10.1. The first-order valence-electron chi connectivity index (χ1n) is 12.0. The van der Waals surface area contributed by atoms with Gasteiger partial charge in [-0.05, 0) is 63.0 Å². The second-order valence-corrected chi connectivity index (χ2v) is 10.7. The average Bonchev–Trinajstić information content (AvgIpc) is 3.60. The number of benzene rings is 1. The van der Waals surface area contributed by atoms with Gasteiger partial charge in [0.15, 0.2) is 17.3 Å². The summed E-state index contributed by atoms with van der Waals surface area (Å²) >= 11 is 7.65. The number of rotatable bonds is 5. The molecule has 1 aromatic carbocycles. The highest BCUT2D eigenvalue weighted by molar-refractivity contribution is 7.24. The van der Waals surface area contributed by atoms with Crippen LogP contribution in [0.4, 0.5) is 10.2 Å². The Morgan fingerprint density at radius 2 is 1.86 bits per heavy atom. The molecule has 4 aromatic rings. The number of thiazole rings is 1. The van der Waals surface area contributed by atoms with Crippen LogP contribution < -0.4 is 15.6 Å². The maximum Gasteiger partial charge on any atom is 0.258 e. The van der Waals surface area contributed by atoms with Crippen molar-refractivity contribution in [3.05, 3.63) is 50.9 Å². The van der Waals surface area contributed by atoms with Crippen LogP contribution in [0.2, 0.25) is 5.02 Å². The van der Waals surface area contributed by atoms with E-state index in [2.05, 4.69) is 15.2 Å². The lowest BCUT2D eigenvalue weighted by Gasteiger charge is -2.18. The van der Waals surface area contributed by atoms with Gasteiger partial charge in [0.05, 0.1) is 15.6 Å². The lowest BCUT2D eigenvalue weighted by Crippen LogP contribution is -2.36. The predicted octanol–water partition coefficient (Wildman–Crippen LogP) is 4.28. The van der Waals surface area contributed by atoms with E-state index in [0.717, 1.165) is 55.8 Å². The molecule has 2 aliphatic rings. The summed E-state index contributed by atoms with van der Waals surface area (Å²) in [6.07, 6.45) is 4.29. The van der Waals surface area contributed by atoms with Crippen LogP contribution in [0.3, 0.4) is 0 Å². The maximum absolute atomic E-state index is 15.2. The van der Waals surface area contributed by atoms with Gasteiger partial charge in [0, 0.05) is 31.2 Å². The minimum atomic E-state index is -0.547. The molecule has 0 spiro atoms. The summed E-state index contributed by atoms with van der Waals surface area (Å²) in [6, 6.07) is 6.67. The molecule has 0 bridgehead atoms. The third kappa shape index (κ3) is 3.95. The summed E-state index contributed by atoms with van der Waals surface area (Å²) < 4.78 is 17.8. The molecule has 0 unspecified atom stereocenters. The number of amides is 1. The second kappa shape index (κ2) is 9.04. The number of fused-ring (bicyclic) bond motifs is 5. The van der Waals surface area contributed by atoms with Crippen LogP contribution >= 0.6 is 22.9 Å². The van der Waals surface area contributed by atoms with Crippen molar-refractivity contribution < 1.29 is 9.18 Å². The first kappa shape index (κ1) is 22.7. The highest BCUT2D eigenvalue weighted by Gasteiger charge is 2.26. The van der Waals surface area contributed by atoms with E-state index in [1.807, 2.05) is 11.0 Å². The zero-order valence-corrected chi connectivity index (χ0v) is 20.7. The van der Waals surface area contributed by atoms with Crippen molar-refractivity contribution in [2.24, 2.45) is 0 Å². The normalized spacial score (nSPS) is 16.8. The minimum absolute atomic E-state index is 0.0198. The molecule has 0 radical (unpaired) electrons. The molecule has 2 fully saturated rings. The number of halogens is 2. The Labute approximate surface area is 210 Å². The largest absolute Gasteiger partial charge is 0.354 e. The fourth-order valence-corrected chi connectivity index (χ4v) is 6.53. The summed E-state index contributed by atoms with van der Waals surface area (Å²) in [5.41, 5.74) is 0.595. The monoisotopic (exact) mass is 513 g/mol. The Balaban J connectivity index is 1.53. The van der Waals surface area contributed by atoms with E-state index in [1.165, 1.54) is 30.2 Å². The van der Waals surface area contributed by atoms with Crippen molar-refractivity contribution in [2.75, 3.05) is 44.2 Å². The first-order valence-corrected chi connectivity index (χ1v) is 13.2. The summed E-state index contributed by atoms with van der Waals surface area (Å²) in [6.45, 7) is 4.68. The molecule has 0 saturated carbocycles. The molecule has 5 heterocycles. The van der Waals surface area contributed by atoms with Crippen molar-refractivity contribution in [3.8, 4) is 0 Å². The number of hydrogen-bond acceptors (Lipinski definition) is 6. The van der Waals surface area contributed by atoms with Gasteiger partial charge in [-0.1, -0.05) is 11.6 Å². The van der Waals surface area contributed by atoms with E-state index in [9.17, 15) is 9.59 Å². The minimum Gasteiger partial charge on any atom is -0.354 e. The van der Waals surface area contributed by atoms with Crippen molar-refractivity contribution in [1.29, 1.82) is 0 Å². The highest BCUT2D eigenvalue weighted by Crippen LogP contribution is 2.34. The maximum atomic E-state index is 15.2. The average molecular weight is 514 g/mol. The van der Waals surface area contributed by atoms with E-state index >= 15 is 4.39 Å². The Kier molecular flexibility index (Phi) is 5.86. The van der Waals surface area contributed by atoms with Gasteiger partial charge in [0.1, 0.15) is 10.4 Å². The number of carbonyl (C=O) groups excluding carboxylic acids is 1. The SMILES string of the molecule is O=C(NCCN1CCCC1)c1c(=O)c2cc(F)c(N3CCCC3)nc2n2c1sc1ccc(Cl)cc12. The van der Waals surface area contributed by atoms with Crippen LogP contribution in [0, 0.1) is 5.82 Å². The molecule has 182 valence electrons. The first-order chi connectivity index (χ1) is 17.0. The molecule has 0 atom stereocenters. The van der Waals surface area contributed by atoms with Crippen molar-refractivity contribution >= 4 is 60.7 Å². The molecule has 3 aromatic heterocycles. The van der Waals surface area contributed by atoms with E-state index in [-0.39, 0.29) is 16.8 Å². The van der Waals surface area contributed by atoms with Gasteiger partial charge in [-0.15, -0.1) is 11.3 Å². The Morgan fingerprint density at radius 1 is 1.11 bits per heavy atom. The Morgan fingerprint density at radius 3 is 2.63 bits per heavy atom. The van der Waals surface area contributed by atoms with Gasteiger partial charge in [-0.25, -0.2) is 9.37 Å². The van der Waals surface area contributed by atoms with E-state index in [0.29, 0.717) is 22.0 Å². The summed E-state index contributed by atoms with van der Waals surface area (Å²) in [4.78, 5) is 36.3. The molecule has 6 rings (SSSR count). The zero-order chi connectivity index (χ0) is 24.1. The number of anilines is 1. The van der Waals surface area contributed by atoms with Gasteiger partial charge in [0.25, 0.3) is 5.91 Å². The molecule has 35 heavy (non-hydrogen) atoms. The standard InChI is InChI=1S/C25H25ClFN5O2S/c26-15-5-6-19-18(13-15)32-22-16(14-17(27)23(29-22)31-10-3-4-11-31)21(33)20(25(32)35-19)24(34)28-7-12-30-8-1-2-9-30/h5-6,13-14H,1-4,7-12H2,(H,28,34). The van der Waals surface area contributed by atoms with Crippen LogP contribution in [0.25, 0.3) is 26.1 Å². The van der Waals surface area contributed by atoms with Crippen molar-refractivity contribution in [2.45, 2.75) is 25.7 Å². The number of pyridine rings is 2. The third-order valence-electron chi connectivity index (χ3n) is 6.95. The second-order valence-electron chi connectivity index (χ2n) is 9.22. The topological polar surface area (TPSA) is 70.0 Å². The van der Waals surface area contributed by atoms with Crippen molar-refractivity contribution in [3.63, 3.8) is 0 Å². The van der Waals surface area contributed by atoms with Gasteiger partial charge < -0.3 is 15.1 Å². The molecule has 10 heteroatoms.